The Morgan fingerprint density at radius 1 is 1.26 bits per heavy atom. The quantitative estimate of drug-likeness (QED) is 0.846. The lowest BCUT2D eigenvalue weighted by molar-refractivity contribution is -0.111. The molecule has 0 saturated heterocycles. The molecule has 1 unspecified atom stereocenters. The summed E-state index contributed by atoms with van der Waals surface area (Å²) in [4.78, 5) is 12.1. The average Bonchev–Trinajstić information content (AvgIpc) is 2.96. The number of anilines is 1. The molecular formula is C18H15ClN2O2. The van der Waals surface area contributed by atoms with E-state index in [1.165, 1.54) is 0 Å². The van der Waals surface area contributed by atoms with Crippen molar-refractivity contribution in [2.24, 2.45) is 5.10 Å². The van der Waals surface area contributed by atoms with E-state index in [0.29, 0.717) is 17.3 Å². The molecule has 2 heterocycles. The number of carbonyl (C=O) groups is 1. The van der Waals surface area contributed by atoms with Gasteiger partial charge in [0.05, 0.1) is 12.0 Å². The summed E-state index contributed by atoms with van der Waals surface area (Å²) in [6, 6.07) is 15.4. The zero-order valence-corrected chi connectivity index (χ0v) is 13.3. The average molecular weight is 327 g/mol. The zero-order chi connectivity index (χ0) is 16.0. The van der Waals surface area contributed by atoms with Crippen LogP contribution in [0.3, 0.4) is 0 Å². The lowest BCUT2D eigenvalue weighted by Crippen LogP contribution is -2.41. The summed E-state index contributed by atoms with van der Waals surface area (Å²) in [5.41, 5.74) is 2.45. The van der Waals surface area contributed by atoms with Gasteiger partial charge >= 0.3 is 0 Å². The van der Waals surface area contributed by atoms with Crippen molar-refractivity contribution in [2.45, 2.75) is 18.9 Å². The number of halogens is 1. The van der Waals surface area contributed by atoms with Crippen LogP contribution in [0.4, 0.5) is 5.69 Å². The van der Waals surface area contributed by atoms with Gasteiger partial charge in [0.25, 0.3) is 0 Å². The van der Waals surface area contributed by atoms with Gasteiger partial charge in [-0.1, -0.05) is 41.9 Å². The fraction of sp³-hybridized carbons (Fsp3) is 0.222. The summed E-state index contributed by atoms with van der Waals surface area (Å²) < 4.78 is 5.89. The largest absolute Gasteiger partial charge is 0.489 e. The minimum absolute atomic E-state index is 0.0168. The molecule has 4 rings (SSSR count). The SMILES string of the molecule is CC(=O)C1=NN2c3cc(Cl)ccc3OCC2[C@H]1c1ccccc1. The summed E-state index contributed by atoms with van der Waals surface area (Å²) in [5.74, 6) is 0.628. The molecule has 2 aromatic carbocycles. The van der Waals surface area contributed by atoms with Gasteiger partial charge in [-0.25, -0.2) is 0 Å². The molecule has 0 amide bonds. The number of ketones is 1. The number of rotatable bonds is 2. The fourth-order valence-corrected chi connectivity index (χ4v) is 3.44. The first-order chi connectivity index (χ1) is 11.1. The van der Waals surface area contributed by atoms with Crippen LogP contribution in [0.15, 0.2) is 53.6 Å². The number of ether oxygens (including phenoxy) is 1. The second kappa shape index (κ2) is 5.39. The van der Waals surface area contributed by atoms with Crippen LogP contribution in [0, 0.1) is 0 Å². The highest BCUT2D eigenvalue weighted by atomic mass is 35.5. The number of carbonyl (C=O) groups excluding carboxylic acids is 1. The topological polar surface area (TPSA) is 41.9 Å². The van der Waals surface area contributed by atoms with Gasteiger partial charge in [0.2, 0.25) is 0 Å². The third-order valence-corrected chi connectivity index (χ3v) is 4.54. The van der Waals surface area contributed by atoms with Gasteiger partial charge in [-0.2, -0.15) is 5.10 Å². The van der Waals surface area contributed by atoms with Crippen LogP contribution in [0.1, 0.15) is 18.4 Å². The predicted octanol–water partition coefficient (Wildman–Crippen LogP) is 3.65. The van der Waals surface area contributed by atoms with Crippen LogP contribution in [0.2, 0.25) is 5.02 Å². The molecule has 0 bridgehead atoms. The molecule has 2 aromatic rings. The maximum Gasteiger partial charge on any atom is 0.176 e. The fourth-order valence-electron chi connectivity index (χ4n) is 3.27. The molecule has 5 heteroatoms. The van der Waals surface area contributed by atoms with E-state index in [4.69, 9.17) is 16.3 Å². The van der Waals surface area contributed by atoms with Gasteiger partial charge < -0.3 is 4.74 Å². The van der Waals surface area contributed by atoms with Crippen molar-refractivity contribution in [2.75, 3.05) is 11.6 Å². The molecule has 116 valence electrons. The smallest absolute Gasteiger partial charge is 0.176 e. The Balaban J connectivity index is 1.83. The van der Waals surface area contributed by atoms with Crippen LogP contribution in [0.5, 0.6) is 5.75 Å². The van der Waals surface area contributed by atoms with E-state index < -0.39 is 0 Å². The third-order valence-electron chi connectivity index (χ3n) is 4.31. The first-order valence-corrected chi connectivity index (χ1v) is 7.89. The Labute approximate surface area is 139 Å². The van der Waals surface area contributed by atoms with Crippen molar-refractivity contribution >= 4 is 28.8 Å². The molecule has 0 aliphatic carbocycles. The Morgan fingerprint density at radius 3 is 2.78 bits per heavy atom. The van der Waals surface area contributed by atoms with Gasteiger partial charge in [-0.05, 0) is 23.8 Å². The summed E-state index contributed by atoms with van der Waals surface area (Å²) in [6.07, 6.45) is 0. The highest BCUT2D eigenvalue weighted by molar-refractivity contribution is 6.42. The van der Waals surface area contributed by atoms with Crippen molar-refractivity contribution in [3.05, 3.63) is 59.1 Å². The lowest BCUT2D eigenvalue weighted by Gasteiger charge is -2.33. The molecule has 0 saturated carbocycles. The predicted molar refractivity (Wildman–Crippen MR) is 90.5 cm³/mol. The molecule has 0 spiro atoms. The number of hydrogen-bond acceptors (Lipinski definition) is 4. The second-order valence-corrected chi connectivity index (χ2v) is 6.20. The monoisotopic (exact) mass is 326 g/mol. The lowest BCUT2D eigenvalue weighted by atomic mass is 9.86. The Hall–Kier alpha value is -2.33. The summed E-state index contributed by atoms with van der Waals surface area (Å²) >= 11 is 6.12. The molecule has 2 atom stereocenters. The molecule has 0 fully saturated rings. The van der Waals surface area contributed by atoms with Crippen LogP contribution in [-0.2, 0) is 4.79 Å². The van der Waals surface area contributed by atoms with Crippen molar-refractivity contribution in [3.63, 3.8) is 0 Å². The maximum absolute atomic E-state index is 12.1. The molecule has 0 N–H and O–H groups in total. The normalized spacial score (nSPS) is 22.0. The van der Waals surface area contributed by atoms with E-state index in [0.717, 1.165) is 17.0 Å². The molecular weight excluding hydrogens is 312 g/mol. The van der Waals surface area contributed by atoms with E-state index in [-0.39, 0.29) is 17.7 Å². The Morgan fingerprint density at radius 2 is 2.04 bits per heavy atom. The van der Waals surface area contributed by atoms with Gasteiger partial charge in [-0.15, -0.1) is 0 Å². The number of fused-ring (bicyclic) bond motifs is 3. The van der Waals surface area contributed by atoms with Crippen LogP contribution in [-0.4, -0.2) is 24.1 Å². The number of hydrazone groups is 1. The summed E-state index contributed by atoms with van der Waals surface area (Å²) in [7, 11) is 0. The molecule has 2 aliphatic heterocycles. The number of benzene rings is 2. The first-order valence-electron chi connectivity index (χ1n) is 7.51. The number of nitrogens with zero attached hydrogens (tertiary/aromatic N) is 2. The van der Waals surface area contributed by atoms with Crippen molar-refractivity contribution in [1.82, 2.24) is 0 Å². The second-order valence-electron chi connectivity index (χ2n) is 5.76. The van der Waals surface area contributed by atoms with Crippen molar-refractivity contribution in [1.29, 1.82) is 0 Å². The van der Waals surface area contributed by atoms with Crippen LogP contribution in [0.25, 0.3) is 0 Å². The minimum atomic E-state index is -0.0965. The Kier molecular flexibility index (Phi) is 3.34. The molecule has 0 radical (unpaired) electrons. The van der Waals surface area contributed by atoms with E-state index in [1.807, 2.05) is 47.5 Å². The van der Waals surface area contributed by atoms with E-state index in [9.17, 15) is 4.79 Å². The summed E-state index contributed by atoms with van der Waals surface area (Å²) in [6.45, 7) is 2.04. The molecule has 2 aliphatic rings. The molecule has 23 heavy (non-hydrogen) atoms. The third kappa shape index (κ3) is 2.30. The van der Waals surface area contributed by atoms with Gasteiger partial charge in [-0.3, -0.25) is 9.80 Å². The first kappa shape index (κ1) is 14.3. The molecule has 4 nitrogen and oxygen atoms in total. The van der Waals surface area contributed by atoms with Crippen molar-refractivity contribution < 1.29 is 9.53 Å². The van der Waals surface area contributed by atoms with E-state index >= 15 is 0 Å². The Bertz CT molecular complexity index is 804. The van der Waals surface area contributed by atoms with Crippen LogP contribution < -0.4 is 9.75 Å². The minimum Gasteiger partial charge on any atom is -0.489 e. The molecule has 0 aromatic heterocycles. The van der Waals surface area contributed by atoms with E-state index in [1.54, 1.807) is 13.0 Å². The number of Topliss-reactive ketones (excluding diaryl/α,β-unsaturated/α-hetero) is 1. The highest BCUT2D eigenvalue weighted by Crippen LogP contribution is 2.43. The van der Waals surface area contributed by atoms with Gasteiger partial charge in [0, 0.05) is 11.9 Å². The van der Waals surface area contributed by atoms with Crippen LogP contribution >= 0.6 is 11.6 Å². The number of hydrogen-bond donors (Lipinski definition) is 0. The zero-order valence-electron chi connectivity index (χ0n) is 12.6. The maximum atomic E-state index is 12.1. The standard InChI is InChI=1S/C18H15ClN2O2/c1-11(22)18-17(12-5-3-2-4-6-12)15-10-23-16-8-7-13(19)9-14(16)21(15)20-18/h2-9,15,17H,10H2,1H3/t15?,17-/m1/s1. The van der Waals surface area contributed by atoms with Crippen molar-refractivity contribution in [3.8, 4) is 5.75 Å². The van der Waals surface area contributed by atoms with Gasteiger partial charge in [0.15, 0.2) is 5.78 Å². The van der Waals surface area contributed by atoms with Gasteiger partial charge in [0.1, 0.15) is 23.8 Å². The highest BCUT2D eigenvalue weighted by Gasteiger charge is 2.44. The summed E-state index contributed by atoms with van der Waals surface area (Å²) in [5, 5.41) is 7.12. The van der Waals surface area contributed by atoms with E-state index in [2.05, 4.69) is 5.10 Å².